The Morgan fingerprint density at radius 1 is 1.17 bits per heavy atom. The van der Waals surface area contributed by atoms with Gasteiger partial charge in [-0.15, -0.1) is 0 Å². The molecule has 23 heavy (non-hydrogen) atoms. The largest absolute Gasteiger partial charge is 0.379 e. The zero-order chi connectivity index (χ0) is 16.1. The summed E-state index contributed by atoms with van der Waals surface area (Å²) in [7, 11) is 0. The van der Waals surface area contributed by atoms with Crippen molar-refractivity contribution in [3.63, 3.8) is 0 Å². The van der Waals surface area contributed by atoms with Crippen molar-refractivity contribution in [2.24, 2.45) is 5.92 Å². The minimum Gasteiger partial charge on any atom is -0.379 e. The lowest BCUT2D eigenvalue weighted by Crippen LogP contribution is -2.45. The first kappa shape index (κ1) is 16.3. The molecule has 5 heteroatoms. The number of morpholine rings is 1. The van der Waals surface area contributed by atoms with Gasteiger partial charge < -0.3 is 15.0 Å². The molecule has 0 spiro atoms. The summed E-state index contributed by atoms with van der Waals surface area (Å²) in [5.41, 5.74) is 2.01. The van der Waals surface area contributed by atoms with Crippen molar-refractivity contribution in [1.82, 2.24) is 9.80 Å². The first-order chi connectivity index (χ1) is 11.2. The van der Waals surface area contributed by atoms with Gasteiger partial charge in [-0.2, -0.15) is 0 Å². The lowest BCUT2D eigenvalue weighted by atomic mass is 9.96. The van der Waals surface area contributed by atoms with Crippen molar-refractivity contribution < 1.29 is 9.53 Å². The molecule has 0 unspecified atom stereocenters. The Bertz CT molecular complexity index is 521. The van der Waals surface area contributed by atoms with E-state index in [1.54, 1.807) is 0 Å². The van der Waals surface area contributed by atoms with Crippen LogP contribution < -0.4 is 5.32 Å². The molecule has 0 aromatic heterocycles. The molecule has 2 heterocycles. The quantitative estimate of drug-likeness (QED) is 0.932. The summed E-state index contributed by atoms with van der Waals surface area (Å²) in [4.78, 5) is 16.8. The Labute approximate surface area is 138 Å². The highest BCUT2D eigenvalue weighted by Gasteiger charge is 2.25. The fraction of sp³-hybridized carbons (Fsp3) is 0.611. The van der Waals surface area contributed by atoms with E-state index in [2.05, 4.69) is 10.2 Å². The van der Waals surface area contributed by atoms with Crippen LogP contribution in [0.5, 0.6) is 0 Å². The standard InChI is InChI=1S/C18H27N3O2/c1-15-4-2-3-5-17(15)19-18(22)21-8-6-16(7-9-21)14-20-10-12-23-13-11-20/h2-5,16H,6-14H2,1H3,(H,19,22). The highest BCUT2D eigenvalue weighted by atomic mass is 16.5. The smallest absolute Gasteiger partial charge is 0.321 e. The molecule has 3 rings (SSSR count). The maximum Gasteiger partial charge on any atom is 0.321 e. The van der Waals surface area contributed by atoms with Gasteiger partial charge in [0.2, 0.25) is 0 Å². The van der Waals surface area contributed by atoms with Gasteiger partial charge in [-0.1, -0.05) is 18.2 Å². The summed E-state index contributed by atoms with van der Waals surface area (Å²) in [6.45, 7) is 8.69. The van der Waals surface area contributed by atoms with Crippen molar-refractivity contribution >= 4 is 11.7 Å². The zero-order valence-corrected chi connectivity index (χ0v) is 14.0. The van der Waals surface area contributed by atoms with Gasteiger partial charge in [0.25, 0.3) is 0 Å². The average molecular weight is 317 g/mol. The van der Waals surface area contributed by atoms with Crippen molar-refractivity contribution in [1.29, 1.82) is 0 Å². The lowest BCUT2D eigenvalue weighted by molar-refractivity contribution is 0.0260. The third-order valence-electron chi connectivity index (χ3n) is 4.91. The molecule has 0 atom stereocenters. The number of urea groups is 1. The van der Waals surface area contributed by atoms with Crippen LogP contribution in [0, 0.1) is 12.8 Å². The number of nitrogens with one attached hydrogen (secondary N) is 1. The fourth-order valence-corrected chi connectivity index (χ4v) is 3.37. The first-order valence-corrected chi connectivity index (χ1v) is 8.64. The number of piperidine rings is 1. The molecule has 1 aromatic rings. The van der Waals surface area contributed by atoms with Crippen molar-refractivity contribution in [2.75, 3.05) is 51.3 Å². The van der Waals surface area contributed by atoms with Gasteiger partial charge in [0.1, 0.15) is 0 Å². The molecule has 0 saturated carbocycles. The SMILES string of the molecule is Cc1ccccc1NC(=O)N1CCC(CN2CCOCC2)CC1. The Hall–Kier alpha value is -1.59. The van der Waals surface area contributed by atoms with Crippen LogP contribution in [0.15, 0.2) is 24.3 Å². The van der Waals surface area contributed by atoms with Crippen LogP contribution in [0.25, 0.3) is 0 Å². The fourth-order valence-electron chi connectivity index (χ4n) is 3.37. The van der Waals surface area contributed by atoms with Crippen LogP contribution in [0.2, 0.25) is 0 Å². The summed E-state index contributed by atoms with van der Waals surface area (Å²) in [6, 6.07) is 7.95. The van der Waals surface area contributed by atoms with E-state index in [1.807, 2.05) is 36.1 Å². The molecule has 2 aliphatic heterocycles. The summed E-state index contributed by atoms with van der Waals surface area (Å²) in [6.07, 6.45) is 2.19. The van der Waals surface area contributed by atoms with Crippen LogP contribution in [0.4, 0.5) is 10.5 Å². The van der Waals surface area contributed by atoms with E-state index in [-0.39, 0.29) is 6.03 Å². The zero-order valence-electron chi connectivity index (χ0n) is 14.0. The molecular weight excluding hydrogens is 290 g/mol. The third kappa shape index (κ3) is 4.45. The molecular formula is C18H27N3O2. The number of nitrogens with zero attached hydrogens (tertiary/aromatic N) is 2. The number of aryl methyl sites for hydroxylation is 1. The van der Waals surface area contributed by atoms with Crippen molar-refractivity contribution in [3.8, 4) is 0 Å². The number of hydrogen-bond acceptors (Lipinski definition) is 3. The van der Waals surface area contributed by atoms with Gasteiger partial charge in [0.05, 0.1) is 13.2 Å². The van der Waals surface area contributed by atoms with Gasteiger partial charge in [-0.3, -0.25) is 4.90 Å². The van der Waals surface area contributed by atoms with Crippen molar-refractivity contribution in [3.05, 3.63) is 29.8 Å². The molecule has 1 N–H and O–H groups in total. The number of ether oxygens (including phenoxy) is 1. The molecule has 2 aliphatic rings. The number of anilines is 1. The van der Waals surface area contributed by atoms with Crippen LogP contribution in [-0.4, -0.2) is 61.8 Å². The highest BCUT2D eigenvalue weighted by molar-refractivity contribution is 5.90. The van der Waals surface area contributed by atoms with Crippen LogP contribution >= 0.6 is 0 Å². The molecule has 2 saturated heterocycles. The molecule has 126 valence electrons. The Morgan fingerprint density at radius 2 is 1.87 bits per heavy atom. The number of amides is 2. The van der Waals surface area contributed by atoms with Crippen LogP contribution in [0.1, 0.15) is 18.4 Å². The molecule has 2 amide bonds. The number of benzene rings is 1. The number of carbonyl (C=O) groups excluding carboxylic acids is 1. The second-order valence-electron chi connectivity index (χ2n) is 6.59. The van der Waals surface area contributed by atoms with E-state index in [1.165, 1.54) is 0 Å². The number of likely N-dealkylation sites (tertiary alicyclic amines) is 1. The molecule has 2 fully saturated rings. The van der Waals surface area contributed by atoms with Gasteiger partial charge in [-0.05, 0) is 37.3 Å². The lowest BCUT2D eigenvalue weighted by Gasteiger charge is -2.36. The second kappa shape index (κ2) is 7.79. The van der Waals surface area contributed by atoms with E-state index < -0.39 is 0 Å². The molecule has 5 nitrogen and oxygen atoms in total. The normalized spacial score (nSPS) is 20.5. The van der Waals surface area contributed by atoms with E-state index in [0.717, 1.165) is 70.0 Å². The monoisotopic (exact) mass is 317 g/mol. The van der Waals surface area contributed by atoms with Gasteiger partial charge in [-0.25, -0.2) is 4.79 Å². The summed E-state index contributed by atoms with van der Waals surface area (Å²) in [5.74, 6) is 0.704. The minimum absolute atomic E-state index is 0.0316. The predicted octanol–water partition coefficient (Wildman–Crippen LogP) is 2.57. The van der Waals surface area contributed by atoms with E-state index >= 15 is 0 Å². The maximum atomic E-state index is 12.4. The average Bonchev–Trinajstić information content (AvgIpc) is 2.58. The van der Waals surface area contributed by atoms with Crippen LogP contribution in [0.3, 0.4) is 0 Å². The maximum absolute atomic E-state index is 12.4. The van der Waals surface area contributed by atoms with Gasteiger partial charge >= 0.3 is 6.03 Å². The molecule has 0 aliphatic carbocycles. The summed E-state index contributed by atoms with van der Waals surface area (Å²) >= 11 is 0. The number of para-hydroxylation sites is 1. The Kier molecular flexibility index (Phi) is 5.51. The highest BCUT2D eigenvalue weighted by Crippen LogP contribution is 2.20. The van der Waals surface area contributed by atoms with E-state index in [0.29, 0.717) is 5.92 Å². The van der Waals surface area contributed by atoms with Gasteiger partial charge in [0.15, 0.2) is 0 Å². The summed E-state index contributed by atoms with van der Waals surface area (Å²) < 4.78 is 5.40. The number of hydrogen-bond donors (Lipinski definition) is 1. The topological polar surface area (TPSA) is 44.8 Å². The van der Waals surface area contributed by atoms with E-state index in [9.17, 15) is 4.79 Å². The molecule has 0 radical (unpaired) electrons. The van der Waals surface area contributed by atoms with E-state index in [4.69, 9.17) is 4.74 Å². The second-order valence-corrected chi connectivity index (χ2v) is 6.59. The first-order valence-electron chi connectivity index (χ1n) is 8.64. The van der Waals surface area contributed by atoms with Crippen LogP contribution in [-0.2, 0) is 4.74 Å². The predicted molar refractivity (Wildman–Crippen MR) is 91.8 cm³/mol. The molecule has 1 aromatic carbocycles. The Morgan fingerprint density at radius 3 is 2.57 bits per heavy atom. The van der Waals surface area contributed by atoms with Crippen molar-refractivity contribution in [2.45, 2.75) is 19.8 Å². The number of carbonyl (C=O) groups is 1. The number of rotatable bonds is 3. The summed E-state index contributed by atoms with van der Waals surface area (Å²) in [5, 5.41) is 3.04. The Balaban J connectivity index is 1.45. The van der Waals surface area contributed by atoms with Gasteiger partial charge in [0, 0.05) is 38.4 Å². The third-order valence-corrected chi connectivity index (χ3v) is 4.91. The molecule has 0 bridgehead atoms. The minimum atomic E-state index is 0.0316.